The molecule has 0 bridgehead atoms. The molecule has 0 amide bonds. The topological polar surface area (TPSA) is 21.3 Å². The molecule has 0 spiro atoms. The van der Waals surface area contributed by atoms with Gasteiger partial charge in [0.05, 0.1) is 0 Å². The second kappa shape index (κ2) is 4.85. The largest absolute Gasteiger partial charge is 0.381 e. The molecule has 70 valence electrons. The summed E-state index contributed by atoms with van der Waals surface area (Å²) in [5.41, 5.74) is 1.59. The maximum Gasteiger partial charge on any atom is 0.0471 e. The lowest BCUT2D eigenvalue weighted by Gasteiger charge is -2.24. The van der Waals surface area contributed by atoms with Gasteiger partial charge in [0.2, 0.25) is 0 Å². The van der Waals surface area contributed by atoms with E-state index in [1.807, 2.05) is 0 Å². The Bertz CT molecular complexity index is 158. The molecule has 2 nitrogen and oxygen atoms in total. The predicted octanol–water partition coefficient (Wildman–Crippen LogP) is 1.36. The Balaban J connectivity index is 0.000000720. The van der Waals surface area contributed by atoms with E-state index < -0.39 is 0 Å². The van der Waals surface area contributed by atoms with Gasteiger partial charge in [-0.15, -0.1) is 12.4 Å². The van der Waals surface area contributed by atoms with E-state index in [4.69, 9.17) is 4.74 Å². The lowest BCUT2D eigenvalue weighted by atomic mass is 9.95. The van der Waals surface area contributed by atoms with E-state index in [1.165, 1.54) is 12.8 Å². The van der Waals surface area contributed by atoms with Crippen LogP contribution in [0.5, 0.6) is 0 Å². The Morgan fingerprint density at radius 3 is 2.42 bits per heavy atom. The number of halogens is 1. The quantitative estimate of drug-likeness (QED) is 0.630. The lowest BCUT2D eigenvalue weighted by Crippen LogP contribution is -2.34. The summed E-state index contributed by atoms with van der Waals surface area (Å²) >= 11 is 0. The summed E-state index contributed by atoms with van der Waals surface area (Å²) in [6, 6.07) is 0. The molecular formula is C9H16ClNO. The summed E-state index contributed by atoms with van der Waals surface area (Å²) in [5.74, 6) is 0.806. The van der Waals surface area contributed by atoms with Gasteiger partial charge in [-0.3, -0.25) is 0 Å². The third-order valence-corrected chi connectivity index (χ3v) is 2.44. The number of rotatable bonds is 1. The molecule has 0 aromatic carbocycles. The first-order valence-corrected chi connectivity index (χ1v) is 4.43. The van der Waals surface area contributed by atoms with Crippen molar-refractivity contribution >= 4 is 12.4 Å². The Morgan fingerprint density at radius 2 is 1.92 bits per heavy atom. The highest BCUT2D eigenvalue weighted by Gasteiger charge is 2.14. The molecule has 0 atom stereocenters. The lowest BCUT2D eigenvalue weighted by molar-refractivity contribution is 0.0782. The fourth-order valence-electron chi connectivity index (χ4n) is 1.60. The van der Waals surface area contributed by atoms with Gasteiger partial charge in [-0.25, -0.2) is 0 Å². The summed E-state index contributed by atoms with van der Waals surface area (Å²) < 4.78 is 5.29. The SMILES string of the molecule is C(=C1CNC1)C1CCOCC1.Cl. The van der Waals surface area contributed by atoms with E-state index in [0.717, 1.165) is 32.2 Å². The van der Waals surface area contributed by atoms with Crippen molar-refractivity contribution in [1.29, 1.82) is 0 Å². The molecule has 2 aliphatic heterocycles. The van der Waals surface area contributed by atoms with Crippen LogP contribution in [0.25, 0.3) is 0 Å². The first kappa shape index (κ1) is 10.0. The number of ether oxygens (including phenoxy) is 1. The average molecular weight is 190 g/mol. The molecule has 0 radical (unpaired) electrons. The second-order valence-electron chi connectivity index (χ2n) is 3.38. The van der Waals surface area contributed by atoms with Crippen molar-refractivity contribution in [2.75, 3.05) is 26.3 Å². The number of allylic oxidation sites excluding steroid dienone is 1. The smallest absolute Gasteiger partial charge is 0.0471 e. The van der Waals surface area contributed by atoms with Crippen LogP contribution in [0.3, 0.4) is 0 Å². The van der Waals surface area contributed by atoms with Gasteiger partial charge in [-0.2, -0.15) is 0 Å². The van der Waals surface area contributed by atoms with E-state index in [2.05, 4.69) is 11.4 Å². The Morgan fingerprint density at radius 1 is 1.25 bits per heavy atom. The number of nitrogens with one attached hydrogen (secondary N) is 1. The van der Waals surface area contributed by atoms with Crippen molar-refractivity contribution in [1.82, 2.24) is 5.32 Å². The summed E-state index contributed by atoms with van der Waals surface area (Å²) in [6.45, 7) is 4.17. The van der Waals surface area contributed by atoms with Crippen LogP contribution >= 0.6 is 12.4 Å². The minimum Gasteiger partial charge on any atom is -0.381 e. The van der Waals surface area contributed by atoms with Crippen molar-refractivity contribution in [3.63, 3.8) is 0 Å². The molecule has 0 saturated carbocycles. The van der Waals surface area contributed by atoms with E-state index in [9.17, 15) is 0 Å². The van der Waals surface area contributed by atoms with Gasteiger partial charge in [0.1, 0.15) is 0 Å². The summed E-state index contributed by atoms with van der Waals surface area (Å²) in [4.78, 5) is 0. The van der Waals surface area contributed by atoms with Crippen molar-refractivity contribution in [2.24, 2.45) is 5.92 Å². The molecule has 2 heterocycles. The predicted molar refractivity (Wildman–Crippen MR) is 51.7 cm³/mol. The fraction of sp³-hybridized carbons (Fsp3) is 0.778. The zero-order valence-corrected chi connectivity index (χ0v) is 8.03. The first-order chi connectivity index (χ1) is 5.45. The molecule has 0 aliphatic carbocycles. The van der Waals surface area contributed by atoms with Gasteiger partial charge < -0.3 is 10.1 Å². The molecule has 2 rings (SSSR count). The van der Waals surface area contributed by atoms with Crippen LogP contribution < -0.4 is 5.32 Å². The van der Waals surface area contributed by atoms with Crippen molar-refractivity contribution < 1.29 is 4.74 Å². The number of hydrogen-bond donors (Lipinski definition) is 1. The summed E-state index contributed by atoms with van der Waals surface area (Å²) in [6.07, 6.45) is 4.89. The summed E-state index contributed by atoms with van der Waals surface area (Å²) in [7, 11) is 0. The van der Waals surface area contributed by atoms with Crippen LogP contribution in [0.2, 0.25) is 0 Å². The highest BCUT2D eigenvalue weighted by Crippen LogP contribution is 2.18. The van der Waals surface area contributed by atoms with Crippen LogP contribution in [0.4, 0.5) is 0 Å². The first-order valence-electron chi connectivity index (χ1n) is 4.43. The van der Waals surface area contributed by atoms with Crippen molar-refractivity contribution in [3.05, 3.63) is 11.6 Å². The zero-order valence-electron chi connectivity index (χ0n) is 7.21. The monoisotopic (exact) mass is 189 g/mol. The van der Waals surface area contributed by atoms with Gasteiger partial charge in [0.25, 0.3) is 0 Å². The van der Waals surface area contributed by atoms with Crippen LogP contribution in [0.1, 0.15) is 12.8 Å². The Kier molecular flexibility index (Phi) is 4.06. The fourth-order valence-corrected chi connectivity index (χ4v) is 1.60. The van der Waals surface area contributed by atoms with E-state index in [0.29, 0.717) is 0 Å². The molecule has 2 saturated heterocycles. The number of hydrogen-bond acceptors (Lipinski definition) is 2. The molecular weight excluding hydrogens is 174 g/mol. The molecule has 12 heavy (non-hydrogen) atoms. The van der Waals surface area contributed by atoms with Gasteiger partial charge in [-0.05, 0) is 24.3 Å². The minimum absolute atomic E-state index is 0. The third kappa shape index (κ3) is 2.47. The van der Waals surface area contributed by atoms with Crippen LogP contribution in [-0.2, 0) is 4.74 Å². The average Bonchev–Trinajstić information content (AvgIpc) is 1.99. The highest BCUT2D eigenvalue weighted by molar-refractivity contribution is 5.85. The standard InChI is InChI=1S/C9H15NO.ClH/c1-3-11-4-2-8(1)5-9-6-10-7-9;/h5,8,10H,1-4,6-7H2;1H. The Labute approximate surface area is 79.8 Å². The van der Waals surface area contributed by atoms with Gasteiger partial charge in [-0.1, -0.05) is 6.08 Å². The normalized spacial score (nSPS) is 24.2. The molecule has 2 aliphatic rings. The van der Waals surface area contributed by atoms with E-state index in [-0.39, 0.29) is 12.4 Å². The van der Waals surface area contributed by atoms with E-state index >= 15 is 0 Å². The van der Waals surface area contributed by atoms with Crippen LogP contribution in [0.15, 0.2) is 11.6 Å². The Hall–Kier alpha value is -0.0500. The summed E-state index contributed by atoms with van der Waals surface area (Å²) in [5, 5.41) is 3.25. The van der Waals surface area contributed by atoms with E-state index in [1.54, 1.807) is 5.57 Å². The molecule has 0 aromatic heterocycles. The highest BCUT2D eigenvalue weighted by atomic mass is 35.5. The van der Waals surface area contributed by atoms with Crippen molar-refractivity contribution in [3.8, 4) is 0 Å². The molecule has 2 fully saturated rings. The van der Waals surface area contributed by atoms with Gasteiger partial charge >= 0.3 is 0 Å². The molecule has 0 unspecified atom stereocenters. The van der Waals surface area contributed by atoms with Crippen molar-refractivity contribution in [2.45, 2.75) is 12.8 Å². The maximum atomic E-state index is 5.29. The zero-order chi connectivity index (χ0) is 7.52. The maximum absolute atomic E-state index is 5.29. The molecule has 3 heteroatoms. The minimum atomic E-state index is 0. The van der Waals surface area contributed by atoms with Gasteiger partial charge in [0, 0.05) is 26.3 Å². The van der Waals surface area contributed by atoms with Crippen LogP contribution in [-0.4, -0.2) is 26.3 Å². The van der Waals surface area contributed by atoms with Crippen LogP contribution in [0, 0.1) is 5.92 Å². The second-order valence-corrected chi connectivity index (χ2v) is 3.38. The third-order valence-electron chi connectivity index (χ3n) is 2.44. The molecule has 0 aromatic rings. The van der Waals surface area contributed by atoms with Gasteiger partial charge in [0.15, 0.2) is 0 Å². The molecule has 1 N–H and O–H groups in total.